The molecule has 3 rings (SSSR count). The molecule has 2 aromatic rings. The summed E-state index contributed by atoms with van der Waals surface area (Å²) >= 11 is 0. The molecule has 0 aliphatic carbocycles. The third-order valence-electron chi connectivity index (χ3n) is 4.11. The number of piperazine rings is 1. The van der Waals surface area contributed by atoms with Crippen LogP contribution < -0.4 is 4.90 Å². The summed E-state index contributed by atoms with van der Waals surface area (Å²) in [4.78, 5) is 16.0. The first-order valence-corrected chi connectivity index (χ1v) is 7.58. The third kappa shape index (κ3) is 3.22. The molecular formula is C16H17F3N4O. The van der Waals surface area contributed by atoms with Gasteiger partial charge in [-0.25, -0.2) is 4.79 Å². The molecule has 0 N–H and O–H groups in total. The van der Waals surface area contributed by atoms with Crippen LogP contribution >= 0.6 is 0 Å². The van der Waals surface area contributed by atoms with Crippen LogP contribution in [0.2, 0.25) is 0 Å². The second kappa shape index (κ2) is 6.18. The van der Waals surface area contributed by atoms with Gasteiger partial charge >= 0.3 is 12.2 Å². The number of benzene rings is 1. The number of carbonyl (C=O) groups excluding carboxylic acids is 1. The molecule has 8 heteroatoms. The van der Waals surface area contributed by atoms with Crippen LogP contribution in [0.1, 0.15) is 11.1 Å². The Morgan fingerprint density at radius 1 is 1.12 bits per heavy atom. The van der Waals surface area contributed by atoms with Crippen LogP contribution in [0.3, 0.4) is 0 Å². The van der Waals surface area contributed by atoms with Gasteiger partial charge in [-0.2, -0.15) is 23.0 Å². The Hall–Kier alpha value is -2.51. The molecule has 0 unspecified atom stereocenters. The van der Waals surface area contributed by atoms with E-state index in [0.717, 1.165) is 22.1 Å². The van der Waals surface area contributed by atoms with Crippen molar-refractivity contribution in [2.75, 3.05) is 31.1 Å². The van der Waals surface area contributed by atoms with Gasteiger partial charge in [-0.05, 0) is 18.6 Å². The molecule has 1 aliphatic heterocycles. The molecular weight excluding hydrogens is 321 g/mol. The van der Waals surface area contributed by atoms with Crippen molar-refractivity contribution in [3.8, 4) is 0 Å². The summed E-state index contributed by atoms with van der Waals surface area (Å²) in [5, 5.41) is 3.54. The van der Waals surface area contributed by atoms with Crippen molar-refractivity contribution in [2.24, 2.45) is 0 Å². The lowest BCUT2D eigenvalue weighted by Crippen LogP contribution is -2.50. The summed E-state index contributed by atoms with van der Waals surface area (Å²) in [6.45, 7) is 4.16. The number of para-hydroxylation sites is 1. The fourth-order valence-corrected chi connectivity index (χ4v) is 2.78. The van der Waals surface area contributed by atoms with E-state index < -0.39 is 17.8 Å². The van der Waals surface area contributed by atoms with Crippen LogP contribution in [0.5, 0.6) is 0 Å². The first-order valence-electron chi connectivity index (χ1n) is 7.58. The van der Waals surface area contributed by atoms with Gasteiger partial charge in [0.2, 0.25) is 0 Å². The highest BCUT2D eigenvalue weighted by Gasteiger charge is 2.33. The highest BCUT2D eigenvalue weighted by Crippen LogP contribution is 2.28. The van der Waals surface area contributed by atoms with E-state index in [9.17, 15) is 18.0 Å². The van der Waals surface area contributed by atoms with Crippen molar-refractivity contribution in [1.82, 2.24) is 14.7 Å². The SMILES string of the molecule is Cc1ccccc1N1CCN(C(=O)n2cc(C(F)(F)F)cn2)CC1. The average molecular weight is 338 g/mol. The second-order valence-corrected chi connectivity index (χ2v) is 5.71. The molecule has 5 nitrogen and oxygen atoms in total. The van der Waals surface area contributed by atoms with E-state index in [-0.39, 0.29) is 0 Å². The summed E-state index contributed by atoms with van der Waals surface area (Å²) in [6, 6.07) is 7.44. The number of aromatic nitrogens is 2. The topological polar surface area (TPSA) is 41.4 Å². The lowest BCUT2D eigenvalue weighted by atomic mass is 10.1. The first kappa shape index (κ1) is 16.4. The third-order valence-corrected chi connectivity index (χ3v) is 4.11. The number of rotatable bonds is 1. The van der Waals surface area contributed by atoms with Gasteiger partial charge in [0.05, 0.1) is 11.8 Å². The summed E-state index contributed by atoms with van der Waals surface area (Å²) in [5.41, 5.74) is 1.34. The Labute approximate surface area is 137 Å². The molecule has 0 spiro atoms. The first-order chi connectivity index (χ1) is 11.4. The Morgan fingerprint density at radius 3 is 2.38 bits per heavy atom. The molecule has 2 heterocycles. The molecule has 128 valence electrons. The predicted octanol–water partition coefficient (Wildman–Crippen LogP) is 3.00. The molecule has 1 saturated heterocycles. The number of aryl methyl sites for hydroxylation is 1. The van der Waals surface area contributed by atoms with E-state index in [1.165, 1.54) is 4.90 Å². The minimum absolute atomic E-state index is 0.439. The minimum atomic E-state index is -4.50. The molecule has 0 saturated carbocycles. The number of nitrogens with zero attached hydrogens (tertiary/aromatic N) is 4. The average Bonchev–Trinajstić information content (AvgIpc) is 3.05. The van der Waals surface area contributed by atoms with Crippen molar-refractivity contribution in [3.63, 3.8) is 0 Å². The lowest BCUT2D eigenvalue weighted by molar-refractivity contribution is -0.137. The second-order valence-electron chi connectivity index (χ2n) is 5.71. The van der Waals surface area contributed by atoms with Crippen molar-refractivity contribution in [2.45, 2.75) is 13.1 Å². The lowest BCUT2D eigenvalue weighted by Gasteiger charge is -2.36. The fraction of sp³-hybridized carbons (Fsp3) is 0.375. The quantitative estimate of drug-likeness (QED) is 0.803. The van der Waals surface area contributed by atoms with Crippen LogP contribution in [0.15, 0.2) is 36.7 Å². The maximum atomic E-state index is 12.6. The maximum absolute atomic E-state index is 12.6. The van der Waals surface area contributed by atoms with Gasteiger partial charge < -0.3 is 9.80 Å². The van der Waals surface area contributed by atoms with Crippen LogP contribution in [0.4, 0.5) is 23.7 Å². The van der Waals surface area contributed by atoms with Crippen molar-refractivity contribution in [3.05, 3.63) is 47.8 Å². The van der Waals surface area contributed by atoms with Gasteiger partial charge in [-0.15, -0.1) is 0 Å². The van der Waals surface area contributed by atoms with Crippen LogP contribution in [-0.4, -0.2) is 46.9 Å². The molecule has 1 aromatic carbocycles. The van der Waals surface area contributed by atoms with Gasteiger partial charge in [-0.1, -0.05) is 18.2 Å². The standard InChI is InChI=1S/C16H17F3N4O/c1-12-4-2-3-5-14(12)21-6-8-22(9-7-21)15(24)23-11-13(10-20-23)16(17,18)19/h2-5,10-11H,6-9H2,1H3. The number of carbonyl (C=O) groups is 1. The van der Waals surface area contributed by atoms with E-state index in [4.69, 9.17) is 0 Å². The molecule has 1 aromatic heterocycles. The Balaban J connectivity index is 1.65. The van der Waals surface area contributed by atoms with E-state index >= 15 is 0 Å². The minimum Gasteiger partial charge on any atom is -0.368 e. The van der Waals surface area contributed by atoms with Crippen LogP contribution in [0, 0.1) is 6.92 Å². The number of anilines is 1. The number of alkyl halides is 3. The smallest absolute Gasteiger partial charge is 0.368 e. The Bertz CT molecular complexity index is 733. The maximum Gasteiger partial charge on any atom is 0.419 e. The van der Waals surface area contributed by atoms with Crippen LogP contribution in [0.25, 0.3) is 0 Å². The highest BCUT2D eigenvalue weighted by atomic mass is 19.4. The van der Waals surface area contributed by atoms with Gasteiger partial charge in [0.15, 0.2) is 0 Å². The van der Waals surface area contributed by atoms with E-state index in [0.29, 0.717) is 32.4 Å². The largest absolute Gasteiger partial charge is 0.419 e. The fourth-order valence-electron chi connectivity index (χ4n) is 2.78. The van der Waals surface area contributed by atoms with Gasteiger partial charge in [0.1, 0.15) is 0 Å². The highest BCUT2D eigenvalue weighted by molar-refractivity contribution is 5.76. The van der Waals surface area contributed by atoms with Gasteiger partial charge in [0.25, 0.3) is 0 Å². The monoisotopic (exact) mass is 338 g/mol. The number of halogens is 3. The predicted molar refractivity (Wildman–Crippen MR) is 83.0 cm³/mol. The van der Waals surface area contributed by atoms with E-state index in [1.807, 2.05) is 31.2 Å². The molecule has 1 amide bonds. The Morgan fingerprint density at radius 2 is 1.79 bits per heavy atom. The summed E-state index contributed by atoms with van der Waals surface area (Å²) in [6.07, 6.45) is -3.10. The normalized spacial score (nSPS) is 15.7. The van der Waals surface area contributed by atoms with Gasteiger partial charge in [0, 0.05) is 38.1 Å². The summed E-state index contributed by atoms with van der Waals surface area (Å²) in [7, 11) is 0. The van der Waals surface area contributed by atoms with Crippen molar-refractivity contribution < 1.29 is 18.0 Å². The Kier molecular flexibility index (Phi) is 4.21. The zero-order valence-electron chi connectivity index (χ0n) is 13.1. The van der Waals surface area contributed by atoms with Gasteiger partial charge in [-0.3, -0.25) is 0 Å². The number of hydrogen-bond donors (Lipinski definition) is 0. The molecule has 0 atom stereocenters. The zero-order chi connectivity index (χ0) is 17.3. The molecule has 1 aliphatic rings. The van der Waals surface area contributed by atoms with E-state index in [2.05, 4.69) is 10.00 Å². The number of amides is 1. The molecule has 0 bridgehead atoms. The molecule has 24 heavy (non-hydrogen) atoms. The van der Waals surface area contributed by atoms with Crippen molar-refractivity contribution >= 4 is 11.7 Å². The van der Waals surface area contributed by atoms with Crippen molar-refractivity contribution in [1.29, 1.82) is 0 Å². The molecule has 0 radical (unpaired) electrons. The number of hydrogen-bond acceptors (Lipinski definition) is 3. The summed E-state index contributed by atoms with van der Waals surface area (Å²) < 4.78 is 38.6. The molecule has 1 fully saturated rings. The zero-order valence-corrected chi connectivity index (χ0v) is 13.1. The summed E-state index contributed by atoms with van der Waals surface area (Å²) in [5.74, 6) is 0. The van der Waals surface area contributed by atoms with Crippen LogP contribution in [-0.2, 0) is 6.18 Å². The van der Waals surface area contributed by atoms with E-state index in [1.54, 1.807) is 0 Å².